The van der Waals surface area contributed by atoms with Gasteiger partial charge >= 0.3 is 20.1 Å². The number of nitrogens with zero attached hydrogens (tertiary/aromatic N) is 1. The minimum atomic E-state index is -5.99. The summed E-state index contributed by atoms with van der Waals surface area (Å²) in [6.07, 6.45) is -12.0. The summed E-state index contributed by atoms with van der Waals surface area (Å²) in [5.41, 5.74) is -6.48. The van der Waals surface area contributed by atoms with Gasteiger partial charge < -0.3 is 9.63 Å². The van der Waals surface area contributed by atoms with Crippen LogP contribution in [0.2, 0.25) is 0 Å². The van der Waals surface area contributed by atoms with Gasteiger partial charge in [-0.3, -0.25) is 4.52 Å². The predicted octanol–water partition coefficient (Wildman–Crippen LogP) is 4.86. The van der Waals surface area contributed by atoms with Gasteiger partial charge in [0.15, 0.2) is 0 Å². The molecule has 0 spiro atoms. The van der Waals surface area contributed by atoms with E-state index in [1.54, 1.807) is 20.8 Å². The summed E-state index contributed by atoms with van der Waals surface area (Å²) in [7, 11) is -3.85. The Balaban J connectivity index is 3.26. The Morgan fingerprint density at radius 3 is 1.74 bits per heavy atom. The summed E-state index contributed by atoms with van der Waals surface area (Å²) < 4.78 is 102. The van der Waals surface area contributed by atoms with E-state index in [4.69, 9.17) is 9.05 Å². The van der Waals surface area contributed by atoms with Crippen molar-refractivity contribution in [2.45, 2.75) is 38.7 Å². The summed E-state index contributed by atoms with van der Waals surface area (Å²) in [6.45, 7) is 5.45. The fourth-order valence-corrected chi connectivity index (χ4v) is 4.02. The smallest absolute Gasteiger partial charge is 0.413 e. The minimum Gasteiger partial charge on any atom is -0.413 e. The van der Waals surface area contributed by atoms with Crippen molar-refractivity contribution >= 4 is 7.75 Å². The van der Waals surface area contributed by atoms with Gasteiger partial charge in [-0.15, -0.1) is 0 Å². The lowest BCUT2D eigenvalue weighted by Crippen LogP contribution is -2.53. The predicted molar refractivity (Wildman–Crippen MR) is 85.2 cm³/mol. The van der Waals surface area contributed by atoms with Crippen LogP contribution < -0.4 is 4.52 Å². The first-order chi connectivity index (χ1) is 12.3. The minimum absolute atomic E-state index is 0.00770. The van der Waals surface area contributed by atoms with Crippen molar-refractivity contribution in [3.8, 4) is 5.75 Å². The van der Waals surface area contributed by atoms with Crippen molar-refractivity contribution in [1.29, 1.82) is 0 Å². The van der Waals surface area contributed by atoms with Crippen molar-refractivity contribution in [2.24, 2.45) is 0 Å². The van der Waals surface area contributed by atoms with E-state index in [1.165, 1.54) is 4.67 Å². The van der Waals surface area contributed by atoms with Crippen molar-refractivity contribution in [3.63, 3.8) is 0 Å². The fourth-order valence-electron chi connectivity index (χ4n) is 2.28. The van der Waals surface area contributed by atoms with Gasteiger partial charge in [0.25, 0.3) is 5.60 Å². The van der Waals surface area contributed by atoms with E-state index in [0.717, 1.165) is 12.1 Å². The zero-order chi connectivity index (χ0) is 21.1. The van der Waals surface area contributed by atoms with Gasteiger partial charge in [0.2, 0.25) is 0 Å². The highest BCUT2D eigenvalue weighted by atomic mass is 31.2. The molecule has 0 heterocycles. The molecule has 1 rings (SSSR count). The van der Waals surface area contributed by atoms with Gasteiger partial charge in [0, 0.05) is 18.7 Å². The molecule has 1 atom stereocenters. The van der Waals surface area contributed by atoms with Gasteiger partial charge in [0.05, 0.1) is 6.61 Å². The highest BCUT2D eigenvalue weighted by Crippen LogP contribution is 2.53. The van der Waals surface area contributed by atoms with Crippen molar-refractivity contribution in [3.05, 3.63) is 29.8 Å². The van der Waals surface area contributed by atoms with Crippen LogP contribution in [-0.4, -0.2) is 41.8 Å². The number of rotatable bonds is 8. The lowest BCUT2D eigenvalue weighted by molar-refractivity contribution is -0.376. The highest BCUT2D eigenvalue weighted by molar-refractivity contribution is 7.51. The van der Waals surface area contributed by atoms with Crippen molar-refractivity contribution in [2.75, 3.05) is 19.7 Å². The third kappa shape index (κ3) is 4.77. The second-order valence-corrected chi connectivity index (χ2v) is 7.29. The van der Waals surface area contributed by atoms with Crippen molar-refractivity contribution < 1.29 is 45.1 Å². The molecule has 1 N–H and O–H groups in total. The van der Waals surface area contributed by atoms with E-state index in [2.05, 4.69) is 0 Å². The molecule has 5 nitrogen and oxygen atoms in total. The van der Waals surface area contributed by atoms with Crippen LogP contribution in [0.3, 0.4) is 0 Å². The van der Waals surface area contributed by atoms with E-state index < -0.39 is 31.3 Å². The van der Waals surface area contributed by atoms with Gasteiger partial charge in [-0.1, -0.05) is 26.0 Å². The van der Waals surface area contributed by atoms with Crippen LogP contribution in [0.5, 0.6) is 5.75 Å². The molecule has 0 aromatic heterocycles. The zero-order valence-electron chi connectivity index (χ0n) is 14.8. The average Bonchev–Trinajstić information content (AvgIpc) is 2.54. The van der Waals surface area contributed by atoms with Gasteiger partial charge in [-0.25, -0.2) is 4.57 Å². The molecule has 0 fully saturated rings. The molecule has 1 unspecified atom stereocenters. The Labute approximate surface area is 152 Å². The lowest BCUT2D eigenvalue weighted by Gasteiger charge is -2.33. The van der Waals surface area contributed by atoms with E-state index >= 15 is 0 Å². The van der Waals surface area contributed by atoms with Crippen LogP contribution in [0, 0.1) is 0 Å². The van der Waals surface area contributed by atoms with E-state index in [0.29, 0.717) is 12.1 Å². The first-order valence-electron chi connectivity index (χ1n) is 7.92. The molecule has 1 aromatic rings. The monoisotopic (exact) mass is 423 g/mol. The SMILES string of the molecule is CCOP(=O)(Oc1ccc(C(O)(C(F)(F)F)C(F)(F)F)cc1)N(CC)CC. The first kappa shape index (κ1) is 23.7. The lowest BCUT2D eigenvalue weighted by atomic mass is 9.92. The standard InChI is InChI=1S/C15H20F6NO4P/c1-4-22(5-2)27(24,25-6-3)26-12-9-7-11(8-10-12)13(23,14(16,17)18)15(19,20)21/h7-10,23H,4-6H2,1-3H3. The Bertz CT molecular complexity index is 644. The summed E-state index contributed by atoms with van der Waals surface area (Å²) in [5.74, 6) is -0.269. The molecule has 12 heteroatoms. The maximum Gasteiger partial charge on any atom is 0.461 e. The molecule has 0 radical (unpaired) electrons. The molecule has 0 bridgehead atoms. The molecular weight excluding hydrogens is 403 g/mol. The van der Waals surface area contributed by atoms with Crippen LogP contribution in [-0.2, 0) is 14.7 Å². The molecule has 0 amide bonds. The topological polar surface area (TPSA) is 59.0 Å². The maximum atomic E-state index is 12.9. The second kappa shape index (κ2) is 8.38. The quantitative estimate of drug-likeness (QED) is 0.478. The number of halogens is 6. The molecule has 1 aromatic carbocycles. The molecule has 0 saturated carbocycles. The largest absolute Gasteiger partial charge is 0.461 e. The number of hydrogen-bond acceptors (Lipinski definition) is 4. The molecule has 0 aliphatic carbocycles. The number of benzene rings is 1. The van der Waals surface area contributed by atoms with Crippen LogP contribution in [0.25, 0.3) is 0 Å². The first-order valence-corrected chi connectivity index (χ1v) is 9.42. The maximum absolute atomic E-state index is 12.9. The second-order valence-electron chi connectivity index (χ2n) is 5.35. The molecule has 0 aliphatic heterocycles. The summed E-state index contributed by atoms with van der Waals surface area (Å²) in [4.78, 5) is 0. The number of hydrogen-bond donors (Lipinski definition) is 1. The summed E-state index contributed by atoms with van der Waals surface area (Å²) in [6, 6.07) is 2.34. The fraction of sp³-hybridized carbons (Fsp3) is 0.600. The molecule has 0 aliphatic rings. The molecule has 27 heavy (non-hydrogen) atoms. The number of aliphatic hydroxyl groups is 1. The van der Waals surface area contributed by atoms with Gasteiger partial charge in [-0.05, 0) is 19.1 Å². The Kier molecular flexibility index (Phi) is 7.37. The van der Waals surface area contributed by atoms with Crippen LogP contribution in [0.15, 0.2) is 24.3 Å². The number of alkyl halides is 6. The molecule has 0 saturated heterocycles. The Morgan fingerprint density at radius 2 is 1.41 bits per heavy atom. The normalized spacial score (nSPS) is 15.7. The molecular formula is C15H20F6NO4P. The van der Waals surface area contributed by atoms with Gasteiger partial charge in [0.1, 0.15) is 5.75 Å². The van der Waals surface area contributed by atoms with Gasteiger partial charge in [-0.2, -0.15) is 31.0 Å². The van der Waals surface area contributed by atoms with Crippen LogP contribution in [0.4, 0.5) is 26.3 Å². The van der Waals surface area contributed by atoms with Crippen LogP contribution in [0.1, 0.15) is 26.3 Å². The highest BCUT2D eigenvalue weighted by Gasteiger charge is 2.71. The third-order valence-corrected chi connectivity index (χ3v) is 5.97. The zero-order valence-corrected chi connectivity index (χ0v) is 15.7. The van der Waals surface area contributed by atoms with Crippen molar-refractivity contribution in [1.82, 2.24) is 4.67 Å². The van der Waals surface area contributed by atoms with E-state index in [-0.39, 0.29) is 25.4 Å². The third-order valence-electron chi connectivity index (χ3n) is 3.68. The summed E-state index contributed by atoms with van der Waals surface area (Å²) in [5, 5.41) is 9.35. The average molecular weight is 423 g/mol. The van der Waals surface area contributed by atoms with E-state index in [1.807, 2.05) is 0 Å². The Hall–Kier alpha value is -1.29. The van der Waals surface area contributed by atoms with E-state index in [9.17, 15) is 36.0 Å². The molecule has 156 valence electrons. The Morgan fingerprint density at radius 1 is 0.963 bits per heavy atom. The summed E-state index contributed by atoms with van der Waals surface area (Å²) >= 11 is 0. The van der Waals surface area contributed by atoms with Crippen LogP contribution >= 0.6 is 7.75 Å².